The van der Waals surface area contributed by atoms with Gasteiger partial charge in [0.25, 0.3) is 0 Å². The highest BCUT2D eigenvalue weighted by molar-refractivity contribution is 5.61. The molecular weight excluding hydrogens is 389 g/mol. The third-order valence-corrected chi connectivity index (χ3v) is 6.70. The number of aliphatic hydroxyl groups excluding tert-OH is 1. The Bertz CT molecular complexity index is 1090. The number of aryl methyl sites for hydroxylation is 1. The highest BCUT2D eigenvalue weighted by Gasteiger charge is 2.39. The fourth-order valence-corrected chi connectivity index (χ4v) is 4.76. The van der Waals surface area contributed by atoms with Crippen LogP contribution in [0.4, 0.5) is 4.39 Å². The van der Waals surface area contributed by atoms with Gasteiger partial charge in [-0.1, -0.05) is 43.7 Å². The van der Waals surface area contributed by atoms with Gasteiger partial charge in [-0.05, 0) is 72.7 Å². The molecule has 0 saturated heterocycles. The molecule has 4 rings (SSSR count). The Hall–Kier alpha value is -2.76. The third-order valence-electron chi connectivity index (χ3n) is 6.70. The Balaban J connectivity index is 1.59. The molecule has 0 radical (unpaired) electrons. The van der Waals surface area contributed by atoms with Crippen LogP contribution in [-0.2, 0) is 19.4 Å². The first-order chi connectivity index (χ1) is 15.0. The van der Waals surface area contributed by atoms with E-state index in [1.54, 1.807) is 12.1 Å². The zero-order chi connectivity index (χ0) is 22.0. The monoisotopic (exact) mass is 419 g/mol. The van der Waals surface area contributed by atoms with E-state index in [1.807, 2.05) is 23.0 Å². The van der Waals surface area contributed by atoms with E-state index < -0.39 is 6.10 Å². The van der Waals surface area contributed by atoms with Gasteiger partial charge >= 0.3 is 0 Å². The molecule has 0 saturated carbocycles. The molecule has 0 aliphatic heterocycles. The lowest BCUT2D eigenvalue weighted by molar-refractivity contribution is 0.0531. The summed E-state index contributed by atoms with van der Waals surface area (Å²) in [7, 11) is 0. The zero-order valence-corrected chi connectivity index (χ0v) is 18.2. The predicted molar refractivity (Wildman–Crippen MR) is 122 cm³/mol. The number of aromatic nitrogens is 2. The van der Waals surface area contributed by atoms with Gasteiger partial charge in [0.05, 0.1) is 23.7 Å². The molecule has 0 bridgehead atoms. The molecule has 2 aromatic carbocycles. The lowest BCUT2D eigenvalue weighted by Crippen LogP contribution is -2.38. The van der Waals surface area contributed by atoms with E-state index in [0.717, 1.165) is 41.8 Å². The molecule has 162 valence electrons. The van der Waals surface area contributed by atoms with Crippen molar-refractivity contribution in [2.45, 2.75) is 52.2 Å². The molecule has 1 aliphatic carbocycles. The maximum absolute atomic E-state index is 13.3. The first-order valence-corrected chi connectivity index (χ1v) is 10.9. The van der Waals surface area contributed by atoms with Crippen LogP contribution in [0.15, 0.2) is 60.3 Å². The van der Waals surface area contributed by atoms with Crippen LogP contribution in [0.5, 0.6) is 0 Å². The number of hydrogen-bond donors (Lipinski definition) is 2. The van der Waals surface area contributed by atoms with Crippen LogP contribution in [0.1, 0.15) is 49.1 Å². The van der Waals surface area contributed by atoms with E-state index in [0.29, 0.717) is 13.0 Å². The molecule has 0 fully saturated rings. The molecule has 3 N–H and O–H groups in total. The zero-order valence-electron chi connectivity index (χ0n) is 18.2. The second-order valence-electron chi connectivity index (χ2n) is 8.59. The number of hydrogen-bond acceptors (Lipinski definition) is 3. The molecule has 1 heterocycles. The smallest absolute Gasteiger partial charge is 0.123 e. The van der Waals surface area contributed by atoms with Crippen LogP contribution in [0.2, 0.25) is 0 Å². The molecule has 0 spiro atoms. The lowest BCUT2D eigenvalue weighted by Gasteiger charge is -2.39. The van der Waals surface area contributed by atoms with Gasteiger partial charge in [0.2, 0.25) is 0 Å². The number of rotatable bonds is 7. The Labute approximate surface area is 183 Å². The van der Waals surface area contributed by atoms with Crippen LogP contribution in [0.3, 0.4) is 0 Å². The lowest BCUT2D eigenvalue weighted by atomic mass is 9.67. The van der Waals surface area contributed by atoms with Gasteiger partial charge in [0, 0.05) is 12.0 Å². The highest BCUT2D eigenvalue weighted by Crippen LogP contribution is 2.44. The summed E-state index contributed by atoms with van der Waals surface area (Å²) in [5.74, 6) is -0.263. The van der Waals surface area contributed by atoms with E-state index in [4.69, 9.17) is 5.73 Å². The van der Waals surface area contributed by atoms with Gasteiger partial charge in [-0.3, -0.25) is 0 Å². The van der Waals surface area contributed by atoms with Gasteiger partial charge in [0.15, 0.2) is 0 Å². The van der Waals surface area contributed by atoms with Crippen molar-refractivity contribution in [3.8, 4) is 5.69 Å². The largest absolute Gasteiger partial charge is 0.392 e. The van der Waals surface area contributed by atoms with Crippen LogP contribution < -0.4 is 5.73 Å². The van der Waals surface area contributed by atoms with Gasteiger partial charge in [-0.2, -0.15) is 5.10 Å². The summed E-state index contributed by atoms with van der Waals surface area (Å²) in [4.78, 5) is 0. The standard InChI is InChI=1S/C26H30FN3O/c1-3-21-14-24-20(17-29-30(24)23-11-9-22(27)10-12-23)15-26(21,2)25(31)13-8-18-6-4-5-7-19(18)16-28/h4-7,9-12,14,17,25,31H,3,8,13,15-16,28H2,1-2H3/t25-,26?/m0/s1. The quantitative estimate of drug-likeness (QED) is 0.577. The summed E-state index contributed by atoms with van der Waals surface area (Å²) in [6.07, 6.45) is 6.59. The van der Waals surface area contributed by atoms with Crippen molar-refractivity contribution in [2.24, 2.45) is 11.1 Å². The van der Waals surface area contributed by atoms with Gasteiger partial charge < -0.3 is 10.8 Å². The fourth-order valence-electron chi connectivity index (χ4n) is 4.76. The van der Waals surface area contributed by atoms with Gasteiger partial charge in [0.1, 0.15) is 5.82 Å². The predicted octanol–water partition coefficient (Wildman–Crippen LogP) is 4.82. The first kappa shape index (κ1) is 21.5. The molecular formula is C26H30FN3O. The summed E-state index contributed by atoms with van der Waals surface area (Å²) in [5.41, 5.74) is 12.0. The number of nitrogens with two attached hydrogens (primary N) is 1. The second-order valence-corrected chi connectivity index (χ2v) is 8.59. The van der Waals surface area contributed by atoms with Crippen LogP contribution in [0, 0.1) is 11.2 Å². The minimum atomic E-state index is -0.480. The number of fused-ring (bicyclic) bond motifs is 1. The summed E-state index contributed by atoms with van der Waals surface area (Å²) in [6, 6.07) is 14.5. The molecule has 3 aromatic rings. The SMILES string of the molecule is CCC1=Cc2c(cnn2-c2ccc(F)cc2)CC1(C)[C@@H](O)CCc1ccccc1CN. The molecule has 1 aliphatic rings. The first-order valence-electron chi connectivity index (χ1n) is 10.9. The maximum Gasteiger partial charge on any atom is 0.123 e. The summed E-state index contributed by atoms with van der Waals surface area (Å²) in [5, 5.41) is 15.9. The van der Waals surface area contributed by atoms with Crippen molar-refractivity contribution in [1.29, 1.82) is 0 Å². The summed E-state index contributed by atoms with van der Waals surface area (Å²) in [6.45, 7) is 4.79. The van der Waals surface area contributed by atoms with E-state index in [-0.39, 0.29) is 11.2 Å². The molecule has 2 atom stereocenters. The van der Waals surface area contributed by atoms with E-state index in [9.17, 15) is 9.50 Å². The molecule has 1 aromatic heterocycles. The van der Waals surface area contributed by atoms with Crippen molar-refractivity contribution in [3.05, 3.63) is 88.5 Å². The molecule has 0 amide bonds. The highest BCUT2D eigenvalue weighted by atomic mass is 19.1. The number of nitrogens with zero attached hydrogens (tertiary/aromatic N) is 2. The number of aliphatic hydroxyl groups is 1. The minimum Gasteiger partial charge on any atom is -0.392 e. The third kappa shape index (κ3) is 4.08. The van der Waals surface area contributed by atoms with Crippen molar-refractivity contribution in [2.75, 3.05) is 0 Å². The van der Waals surface area contributed by atoms with E-state index >= 15 is 0 Å². The fraction of sp³-hybridized carbons (Fsp3) is 0.346. The van der Waals surface area contributed by atoms with Crippen LogP contribution in [0.25, 0.3) is 11.8 Å². The van der Waals surface area contributed by atoms with Crippen molar-refractivity contribution < 1.29 is 9.50 Å². The summed E-state index contributed by atoms with van der Waals surface area (Å²) >= 11 is 0. The number of benzene rings is 2. The Morgan fingerprint density at radius 2 is 1.87 bits per heavy atom. The second kappa shape index (κ2) is 8.77. The van der Waals surface area contributed by atoms with Crippen molar-refractivity contribution in [3.63, 3.8) is 0 Å². The molecule has 5 heteroatoms. The topological polar surface area (TPSA) is 64.1 Å². The molecule has 1 unspecified atom stereocenters. The Morgan fingerprint density at radius 3 is 2.55 bits per heavy atom. The van der Waals surface area contributed by atoms with Gasteiger partial charge in [-0.15, -0.1) is 0 Å². The van der Waals surface area contributed by atoms with Crippen LogP contribution in [-0.4, -0.2) is 21.0 Å². The van der Waals surface area contributed by atoms with E-state index in [1.165, 1.54) is 23.3 Å². The maximum atomic E-state index is 13.3. The Kier molecular flexibility index (Phi) is 6.08. The average Bonchev–Trinajstić information content (AvgIpc) is 3.19. The summed E-state index contributed by atoms with van der Waals surface area (Å²) < 4.78 is 15.2. The molecule has 31 heavy (non-hydrogen) atoms. The Morgan fingerprint density at radius 1 is 1.16 bits per heavy atom. The van der Waals surface area contributed by atoms with E-state index in [2.05, 4.69) is 37.2 Å². The van der Waals surface area contributed by atoms with Gasteiger partial charge in [-0.25, -0.2) is 9.07 Å². The minimum absolute atomic E-state index is 0.263. The average molecular weight is 420 g/mol. The number of halogens is 1. The molecule has 4 nitrogen and oxygen atoms in total. The normalized spacial score (nSPS) is 19.1. The van der Waals surface area contributed by atoms with Crippen molar-refractivity contribution >= 4 is 6.08 Å². The van der Waals surface area contributed by atoms with Crippen molar-refractivity contribution in [1.82, 2.24) is 9.78 Å². The van der Waals surface area contributed by atoms with Crippen LogP contribution >= 0.6 is 0 Å².